The molecule has 0 amide bonds. The highest BCUT2D eigenvalue weighted by Crippen LogP contribution is 2.28. The third kappa shape index (κ3) is 5.72. The predicted molar refractivity (Wildman–Crippen MR) is 88.0 cm³/mol. The van der Waals surface area contributed by atoms with Crippen LogP contribution in [0.4, 0.5) is 0 Å². The van der Waals surface area contributed by atoms with Gasteiger partial charge in [-0.15, -0.1) is 0 Å². The number of aryl methyl sites for hydroxylation is 2. The van der Waals surface area contributed by atoms with Crippen LogP contribution in [0, 0.1) is 19.3 Å². The molecule has 1 aromatic rings. The normalized spacial score (nSPS) is 12.6. The molecular weight excluding hydrogens is 270 g/mol. The number of hydrogen-bond acceptors (Lipinski definition) is 2. The third-order valence-corrected chi connectivity index (χ3v) is 3.35. The van der Waals surface area contributed by atoms with E-state index in [1.54, 1.807) is 0 Å². The first kappa shape index (κ1) is 17.3. The van der Waals surface area contributed by atoms with Gasteiger partial charge in [-0.1, -0.05) is 25.4 Å². The fourth-order valence-electron chi connectivity index (χ4n) is 1.95. The van der Waals surface area contributed by atoms with Gasteiger partial charge in [0.1, 0.15) is 5.75 Å². The molecule has 20 heavy (non-hydrogen) atoms. The first-order valence-corrected chi connectivity index (χ1v) is 7.53. The molecule has 114 valence electrons. The molecule has 0 saturated carbocycles. The molecule has 0 aliphatic rings. The minimum absolute atomic E-state index is 0.0752. The van der Waals surface area contributed by atoms with E-state index in [1.807, 2.05) is 26.0 Å². The second-order valence-electron chi connectivity index (χ2n) is 7.43. The van der Waals surface area contributed by atoms with Crippen LogP contribution in [-0.2, 0) is 0 Å². The molecular formula is C17H28ClNO. The monoisotopic (exact) mass is 297 g/mol. The maximum absolute atomic E-state index is 6.05. The van der Waals surface area contributed by atoms with Gasteiger partial charge in [-0.2, -0.15) is 0 Å². The molecule has 0 bridgehead atoms. The van der Waals surface area contributed by atoms with Crippen molar-refractivity contribution in [2.45, 2.75) is 54.0 Å². The Morgan fingerprint density at radius 1 is 1.05 bits per heavy atom. The van der Waals surface area contributed by atoms with E-state index in [-0.39, 0.29) is 11.0 Å². The number of hydrogen-bond donors (Lipinski definition) is 1. The van der Waals surface area contributed by atoms with Crippen molar-refractivity contribution in [1.82, 2.24) is 5.32 Å². The summed E-state index contributed by atoms with van der Waals surface area (Å²) in [6.07, 6.45) is 0. The van der Waals surface area contributed by atoms with Gasteiger partial charge in [0.15, 0.2) is 0 Å². The summed E-state index contributed by atoms with van der Waals surface area (Å²) in [5, 5.41) is 4.30. The molecule has 1 rings (SSSR count). The summed E-state index contributed by atoms with van der Waals surface area (Å²) in [6, 6.07) is 3.90. The van der Waals surface area contributed by atoms with Crippen molar-refractivity contribution < 1.29 is 4.74 Å². The quantitative estimate of drug-likeness (QED) is 0.847. The summed E-state index contributed by atoms with van der Waals surface area (Å²) < 4.78 is 6.05. The van der Waals surface area contributed by atoms with E-state index in [0.29, 0.717) is 6.61 Å². The number of ether oxygens (including phenoxy) is 1. The van der Waals surface area contributed by atoms with Crippen molar-refractivity contribution in [2.75, 3.05) is 13.2 Å². The van der Waals surface area contributed by atoms with Crippen LogP contribution in [0.2, 0.25) is 5.02 Å². The van der Waals surface area contributed by atoms with Crippen molar-refractivity contribution in [2.24, 2.45) is 5.41 Å². The largest absolute Gasteiger partial charge is 0.492 e. The molecule has 0 fully saturated rings. The maximum Gasteiger partial charge on any atom is 0.125 e. The molecule has 0 heterocycles. The lowest BCUT2D eigenvalue weighted by Crippen LogP contribution is -2.43. The van der Waals surface area contributed by atoms with E-state index in [2.05, 4.69) is 39.9 Å². The van der Waals surface area contributed by atoms with Gasteiger partial charge in [0, 0.05) is 22.5 Å². The maximum atomic E-state index is 6.05. The van der Waals surface area contributed by atoms with Gasteiger partial charge in [0.25, 0.3) is 0 Å². The lowest BCUT2D eigenvalue weighted by Gasteiger charge is -2.30. The Hall–Kier alpha value is -0.730. The Kier molecular flexibility index (Phi) is 5.51. The number of benzene rings is 1. The molecule has 0 aliphatic carbocycles. The first-order chi connectivity index (χ1) is 9.00. The van der Waals surface area contributed by atoms with Gasteiger partial charge >= 0.3 is 0 Å². The van der Waals surface area contributed by atoms with Crippen LogP contribution >= 0.6 is 11.6 Å². The van der Waals surface area contributed by atoms with Crippen molar-refractivity contribution >= 4 is 11.6 Å². The number of halogens is 1. The summed E-state index contributed by atoms with van der Waals surface area (Å²) >= 11 is 6.05. The average Bonchev–Trinajstić information content (AvgIpc) is 2.24. The highest BCUT2D eigenvalue weighted by Gasteiger charge is 2.22. The standard InChI is InChI=1S/C17H28ClNO/c1-12-8-14(18)9-13(2)15(12)20-11-17(6,7)10-19-16(3,4)5/h8-9,19H,10-11H2,1-7H3. The van der Waals surface area contributed by atoms with E-state index in [0.717, 1.165) is 28.4 Å². The van der Waals surface area contributed by atoms with Gasteiger partial charge in [-0.05, 0) is 57.9 Å². The molecule has 0 saturated heterocycles. The van der Waals surface area contributed by atoms with E-state index in [4.69, 9.17) is 16.3 Å². The zero-order valence-electron chi connectivity index (χ0n) is 13.9. The highest BCUT2D eigenvalue weighted by molar-refractivity contribution is 6.30. The van der Waals surface area contributed by atoms with E-state index >= 15 is 0 Å². The number of nitrogens with one attached hydrogen (secondary N) is 1. The first-order valence-electron chi connectivity index (χ1n) is 7.15. The van der Waals surface area contributed by atoms with Gasteiger partial charge in [0.2, 0.25) is 0 Å². The van der Waals surface area contributed by atoms with Crippen LogP contribution in [0.1, 0.15) is 45.7 Å². The van der Waals surface area contributed by atoms with Gasteiger partial charge in [-0.3, -0.25) is 0 Å². The molecule has 0 atom stereocenters. The summed E-state index contributed by atoms with van der Waals surface area (Å²) in [4.78, 5) is 0. The van der Waals surface area contributed by atoms with E-state index < -0.39 is 0 Å². The molecule has 0 unspecified atom stereocenters. The Balaban J connectivity index is 2.67. The molecule has 2 nitrogen and oxygen atoms in total. The average molecular weight is 298 g/mol. The van der Waals surface area contributed by atoms with Crippen molar-refractivity contribution in [3.05, 3.63) is 28.3 Å². The zero-order valence-corrected chi connectivity index (χ0v) is 14.6. The molecule has 1 aromatic carbocycles. The van der Waals surface area contributed by atoms with Gasteiger partial charge < -0.3 is 10.1 Å². The van der Waals surface area contributed by atoms with Crippen LogP contribution in [0.15, 0.2) is 12.1 Å². The molecule has 0 aromatic heterocycles. The summed E-state index contributed by atoms with van der Waals surface area (Å²) in [5.41, 5.74) is 2.39. The molecule has 3 heteroatoms. The molecule has 0 spiro atoms. The van der Waals surface area contributed by atoms with Gasteiger partial charge in [-0.25, -0.2) is 0 Å². The second kappa shape index (κ2) is 6.36. The molecule has 1 N–H and O–H groups in total. The molecule has 0 aliphatic heterocycles. The fraction of sp³-hybridized carbons (Fsp3) is 0.647. The lowest BCUT2D eigenvalue weighted by atomic mass is 9.93. The minimum Gasteiger partial charge on any atom is -0.492 e. The van der Waals surface area contributed by atoms with Gasteiger partial charge in [0.05, 0.1) is 6.61 Å². The Labute approximate surface area is 128 Å². The van der Waals surface area contributed by atoms with Crippen LogP contribution in [-0.4, -0.2) is 18.7 Å². The second-order valence-corrected chi connectivity index (χ2v) is 7.86. The minimum atomic E-state index is 0.0752. The Morgan fingerprint density at radius 2 is 1.55 bits per heavy atom. The van der Waals surface area contributed by atoms with Crippen molar-refractivity contribution in [3.8, 4) is 5.75 Å². The summed E-state index contributed by atoms with van der Waals surface area (Å²) in [5.74, 6) is 0.957. The lowest BCUT2D eigenvalue weighted by molar-refractivity contribution is 0.164. The van der Waals surface area contributed by atoms with Crippen molar-refractivity contribution in [1.29, 1.82) is 0 Å². The van der Waals surface area contributed by atoms with Crippen LogP contribution in [0.25, 0.3) is 0 Å². The van der Waals surface area contributed by atoms with E-state index in [9.17, 15) is 0 Å². The summed E-state index contributed by atoms with van der Waals surface area (Å²) in [6.45, 7) is 16.6. The number of rotatable bonds is 5. The zero-order chi connectivity index (χ0) is 15.6. The smallest absolute Gasteiger partial charge is 0.125 e. The Bertz CT molecular complexity index is 438. The SMILES string of the molecule is Cc1cc(Cl)cc(C)c1OCC(C)(C)CNC(C)(C)C. The van der Waals surface area contributed by atoms with Crippen LogP contribution in [0.5, 0.6) is 5.75 Å². The predicted octanol–water partition coefficient (Wildman–Crippen LogP) is 4.75. The fourth-order valence-corrected chi connectivity index (χ4v) is 2.28. The topological polar surface area (TPSA) is 21.3 Å². The van der Waals surface area contributed by atoms with Crippen LogP contribution in [0.3, 0.4) is 0 Å². The van der Waals surface area contributed by atoms with E-state index in [1.165, 1.54) is 0 Å². The third-order valence-electron chi connectivity index (χ3n) is 3.13. The molecule has 0 radical (unpaired) electrons. The van der Waals surface area contributed by atoms with Crippen LogP contribution < -0.4 is 10.1 Å². The summed E-state index contributed by atoms with van der Waals surface area (Å²) in [7, 11) is 0. The Morgan fingerprint density at radius 3 is 2.00 bits per heavy atom. The van der Waals surface area contributed by atoms with Crippen molar-refractivity contribution in [3.63, 3.8) is 0 Å². The highest BCUT2D eigenvalue weighted by atomic mass is 35.5.